The van der Waals surface area contributed by atoms with Crippen molar-refractivity contribution in [2.75, 3.05) is 13.7 Å². The van der Waals surface area contributed by atoms with Crippen molar-refractivity contribution in [1.82, 2.24) is 0 Å². The predicted octanol–water partition coefficient (Wildman–Crippen LogP) is -1.40. The van der Waals surface area contributed by atoms with Crippen LogP contribution >= 0.6 is 0 Å². The molecule has 96 valence electrons. The van der Waals surface area contributed by atoms with Gasteiger partial charge in [0.05, 0.1) is 6.61 Å². The van der Waals surface area contributed by atoms with Gasteiger partial charge in [0.2, 0.25) is 0 Å². The van der Waals surface area contributed by atoms with E-state index in [1.807, 2.05) is 0 Å². The molecule has 1 aliphatic rings. The summed E-state index contributed by atoms with van der Waals surface area (Å²) in [5, 5.41) is 39.3. The molecule has 0 spiro atoms. The highest BCUT2D eigenvalue weighted by molar-refractivity contribution is 5.12. The molecule has 0 saturated carbocycles. The molecule has 0 bridgehead atoms. The van der Waals surface area contributed by atoms with E-state index in [-0.39, 0.29) is 0 Å². The summed E-state index contributed by atoms with van der Waals surface area (Å²) >= 11 is 0. The van der Waals surface area contributed by atoms with Crippen LogP contribution in [0.5, 0.6) is 0 Å². The fourth-order valence-electron chi connectivity index (χ4n) is 2.01. The van der Waals surface area contributed by atoms with Gasteiger partial charge in [-0.25, -0.2) is 0 Å². The first-order valence-electron chi connectivity index (χ1n) is 5.07. The number of rotatable bonds is 3. The van der Waals surface area contributed by atoms with Gasteiger partial charge in [0.1, 0.15) is 22.9 Å². The maximum atomic E-state index is 10.2. The lowest BCUT2D eigenvalue weighted by molar-refractivity contribution is -0.204. The van der Waals surface area contributed by atoms with Crippen LogP contribution in [0.2, 0.25) is 0 Å². The summed E-state index contributed by atoms with van der Waals surface area (Å²) in [6.07, 6.45) is -2.21. The van der Waals surface area contributed by atoms with Gasteiger partial charge in [-0.1, -0.05) is 0 Å². The standard InChI is InChI=1S/C10H20O6/c1-8(12,5-11)6-9(2,13)10(3,14)7(15-4)16-6/h6-7,11-14H,5H2,1-4H3/t6-,7-,8-,9+,10+/m1/s1. The van der Waals surface area contributed by atoms with Crippen molar-refractivity contribution in [3.05, 3.63) is 0 Å². The van der Waals surface area contributed by atoms with Crippen LogP contribution in [0.1, 0.15) is 20.8 Å². The Bertz CT molecular complexity index is 260. The van der Waals surface area contributed by atoms with E-state index in [2.05, 4.69) is 0 Å². The Balaban J connectivity index is 3.08. The molecule has 0 aromatic carbocycles. The van der Waals surface area contributed by atoms with E-state index in [9.17, 15) is 15.3 Å². The molecular formula is C10H20O6. The zero-order chi connectivity index (χ0) is 12.8. The van der Waals surface area contributed by atoms with Crippen molar-refractivity contribution in [1.29, 1.82) is 0 Å². The Morgan fingerprint density at radius 1 is 1.31 bits per heavy atom. The minimum Gasteiger partial charge on any atom is -0.393 e. The fourth-order valence-corrected chi connectivity index (χ4v) is 2.01. The van der Waals surface area contributed by atoms with E-state index in [1.165, 1.54) is 27.9 Å². The third-order valence-corrected chi connectivity index (χ3v) is 3.35. The summed E-state index contributed by atoms with van der Waals surface area (Å²) in [6, 6.07) is 0. The van der Waals surface area contributed by atoms with Gasteiger partial charge in [-0.15, -0.1) is 0 Å². The molecule has 1 saturated heterocycles. The Hall–Kier alpha value is -0.240. The summed E-state index contributed by atoms with van der Waals surface area (Å²) in [4.78, 5) is 0. The van der Waals surface area contributed by atoms with Crippen LogP contribution in [-0.4, -0.2) is 63.3 Å². The maximum absolute atomic E-state index is 10.2. The second kappa shape index (κ2) is 3.90. The first kappa shape index (κ1) is 13.8. The highest BCUT2D eigenvalue weighted by Crippen LogP contribution is 2.43. The van der Waals surface area contributed by atoms with E-state index >= 15 is 0 Å². The van der Waals surface area contributed by atoms with Crippen LogP contribution in [0, 0.1) is 0 Å². The molecular weight excluding hydrogens is 216 g/mol. The Morgan fingerprint density at radius 3 is 2.12 bits per heavy atom. The molecule has 0 amide bonds. The number of hydrogen-bond donors (Lipinski definition) is 4. The van der Waals surface area contributed by atoms with Gasteiger partial charge in [0, 0.05) is 7.11 Å². The molecule has 1 fully saturated rings. The van der Waals surface area contributed by atoms with Crippen molar-refractivity contribution in [3.63, 3.8) is 0 Å². The molecule has 1 heterocycles. The van der Waals surface area contributed by atoms with E-state index in [0.29, 0.717) is 0 Å². The summed E-state index contributed by atoms with van der Waals surface area (Å²) < 4.78 is 10.2. The lowest BCUT2D eigenvalue weighted by Gasteiger charge is -2.39. The van der Waals surface area contributed by atoms with Crippen LogP contribution < -0.4 is 0 Å². The van der Waals surface area contributed by atoms with E-state index in [1.54, 1.807) is 0 Å². The minimum atomic E-state index is -1.74. The number of ether oxygens (including phenoxy) is 2. The largest absolute Gasteiger partial charge is 0.393 e. The number of methoxy groups -OCH3 is 1. The smallest absolute Gasteiger partial charge is 0.189 e. The first-order valence-corrected chi connectivity index (χ1v) is 5.07. The predicted molar refractivity (Wildman–Crippen MR) is 54.6 cm³/mol. The van der Waals surface area contributed by atoms with Gasteiger partial charge in [-0.05, 0) is 20.8 Å². The van der Waals surface area contributed by atoms with E-state index in [4.69, 9.17) is 14.6 Å². The quantitative estimate of drug-likeness (QED) is 0.481. The van der Waals surface area contributed by atoms with Crippen LogP contribution in [0.15, 0.2) is 0 Å². The third kappa shape index (κ3) is 1.75. The Kier molecular flexibility index (Phi) is 3.37. The molecule has 0 aliphatic carbocycles. The zero-order valence-electron chi connectivity index (χ0n) is 9.97. The lowest BCUT2D eigenvalue weighted by Crippen LogP contribution is -2.61. The van der Waals surface area contributed by atoms with Gasteiger partial charge < -0.3 is 29.9 Å². The third-order valence-electron chi connectivity index (χ3n) is 3.35. The van der Waals surface area contributed by atoms with E-state index in [0.717, 1.165) is 0 Å². The maximum Gasteiger partial charge on any atom is 0.189 e. The van der Waals surface area contributed by atoms with Crippen LogP contribution in [-0.2, 0) is 9.47 Å². The van der Waals surface area contributed by atoms with Gasteiger partial charge in [-0.3, -0.25) is 0 Å². The fraction of sp³-hybridized carbons (Fsp3) is 1.00. The SMILES string of the molecule is CO[C@@H]1O[C@H]([C@](C)(O)CO)[C@](C)(O)[C@@]1(C)O. The number of aliphatic hydroxyl groups excluding tert-OH is 1. The van der Waals surface area contributed by atoms with Crippen LogP contribution in [0.25, 0.3) is 0 Å². The molecule has 6 nitrogen and oxygen atoms in total. The van der Waals surface area contributed by atoms with Gasteiger partial charge in [-0.2, -0.15) is 0 Å². The normalized spacial score (nSPS) is 48.0. The molecule has 5 atom stereocenters. The topological polar surface area (TPSA) is 99.4 Å². The van der Waals surface area contributed by atoms with E-state index < -0.39 is 35.8 Å². The van der Waals surface area contributed by atoms with Crippen LogP contribution in [0.3, 0.4) is 0 Å². The molecule has 0 aromatic heterocycles. The number of hydrogen-bond acceptors (Lipinski definition) is 6. The van der Waals surface area contributed by atoms with Crippen molar-refractivity contribution < 1.29 is 29.9 Å². The molecule has 1 rings (SSSR count). The van der Waals surface area contributed by atoms with Gasteiger partial charge >= 0.3 is 0 Å². The van der Waals surface area contributed by atoms with Gasteiger partial charge in [0.25, 0.3) is 0 Å². The molecule has 4 N–H and O–H groups in total. The minimum absolute atomic E-state index is 0.597. The van der Waals surface area contributed by atoms with Gasteiger partial charge in [0.15, 0.2) is 6.29 Å². The summed E-state index contributed by atoms with van der Waals surface area (Å²) in [6.45, 7) is 3.41. The Labute approximate surface area is 94.4 Å². The van der Waals surface area contributed by atoms with Crippen molar-refractivity contribution in [2.45, 2.75) is 50.0 Å². The molecule has 6 heteroatoms. The molecule has 1 aliphatic heterocycles. The second-order valence-electron chi connectivity index (χ2n) is 4.89. The van der Waals surface area contributed by atoms with Crippen LogP contribution in [0.4, 0.5) is 0 Å². The summed E-state index contributed by atoms with van der Waals surface area (Å²) in [7, 11) is 1.32. The average molecular weight is 236 g/mol. The summed E-state index contributed by atoms with van der Waals surface area (Å²) in [5.41, 5.74) is -5.08. The molecule has 16 heavy (non-hydrogen) atoms. The first-order chi connectivity index (χ1) is 7.11. The lowest BCUT2D eigenvalue weighted by atomic mass is 9.78. The molecule has 0 aromatic rings. The molecule has 0 unspecified atom stereocenters. The highest BCUT2D eigenvalue weighted by atomic mass is 16.7. The average Bonchev–Trinajstić information content (AvgIpc) is 2.35. The molecule has 0 radical (unpaired) electrons. The Morgan fingerprint density at radius 2 is 1.81 bits per heavy atom. The monoisotopic (exact) mass is 236 g/mol. The second-order valence-corrected chi connectivity index (χ2v) is 4.89. The van der Waals surface area contributed by atoms with Crippen molar-refractivity contribution in [2.24, 2.45) is 0 Å². The zero-order valence-corrected chi connectivity index (χ0v) is 9.97. The van der Waals surface area contributed by atoms with Crippen molar-refractivity contribution >= 4 is 0 Å². The summed E-state index contributed by atoms with van der Waals surface area (Å²) in [5.74, 6) is 0. The highest BCUT2D eigenvalue weighted by Gasteiger charge is 2.65. The van der Waals surface area contributed by atoms with Crippen molar-refractivity contribution in [3.8, 4) is 0 Å². The number of aliphatic hydroxyl groups is 4.